The first-order chi connectivity index (χ1) is 10.0. The van der Waals surface area contributed by atoms with Gasteiger partial charge < -0.3 is 10.4 Å². The van der Waals surface area contributed by atoms with Crippen molar-refractivity contribution in [3.05, 3.63) is 34.9 Å². The number of aliphatic hydroxyl groups is 1. The Hall–Kier alpha value is -1.79. The number of carbonyl (C=O) groups excluding carboxylic acids is 1. The van der Waals surface area contributed by atoms with Gasteiger partial charge in [0.1, 0.15) is 6.61 Å². The number of unbranched alkanes of at least 4 members (excludes halogenated alkanes) is 1. The van der Waals surface area contributed by atoms with Gasteiger partial charge >= 0.3 is 0 Å². The zero-order chi connectivity index (χ0) is 15.7. The van der Waals surface area contributed by atoms with Gasteiger partial charge in [0.2, 0.25) is 0 Å². The van der Waals surface area contributed by atoms with E-state index in [1.54, 1.807) is 6.07 Å². The zero-order valence-electron chi connectivity index (χ0n) is 13.2. The molecule has 21 heavy (non-hydrogen) atoms. The Bertz CT molecular complexity index is 524. The second kappa shape index (κ2) is 9.20. The summed E-state index contributed by atoms with van der Waals surface area (Å²) < 4.78 is 0. The van der Waals surface area contributed by atoms with Crippen LogP contribution in [0.1, 0.15) is 54.6 Å². The van der Waals surface area contributed by atoms with E-state index in [0.29, 0.717) is 18.0 Å². The molecule has 3 heteroatoms. The molecule has 0 aliphatic carbocycles. The first-order valence-corrected chi connectivity index (χ1v) is 7.53. The molecule has 0 aliphatic rings. The van der Waals surface area contributed by atoms with Crippen LogP contribution in [-0.4, -0.2) is 24.2 Å². The highest BCUT2D eigenvalue weighted by Crippen LogP contribution is 2.11. The maximum Gasteiger partial charge on any atom is 0.251 e. The van der Waals surface area contributed by atoms with Crippen molar-refractivity contribution in [3.8, 4) is 11.8 Å². The highest BCUT2D eigenvalue weighted by atomic mass is 16.2. The van der Waals surface area contributed by atoms with E-state index in [0.717, 1.165) is 24.0 Å². The molecule has 114 valence electrons. The molecule has 0 saturated carbocycles. The molecule has 2 N–H and O–H groups in total. The van der Waals surface area contributed by atoms with Crippen LogP contribution < -0.4 is 5.32 Å². The lowest BCUT2D eigenvalue weighted by Crippen LogP contribution is -2.25. The fraction of sp³-hybridized carbons (Fsp3) is 0.500. The Morgan fingerprint density at radius 3 is 2.76 bits per heavy atom. The molecule has 0 unspecified atom stereocenters. The summed E-state index contributed by atoms with van der Waals surface area (Å²) >= 11 is 0. The Balaban J connectivity index is 2.57. The summed E-state index contributed by atoms with van der Waals surface area (Å²) in [6, 6.07) is 5.52. The molecule has 1 aromatic carbocycles. The van der Waals surface area contributed by atoms with Crippen molar-refractivity contribution in [2.75, 3.05) is 13.2 Å². The van der Waals surface area contributed by atoms with Crippen molar-refractivity contribution in [2.45, 2.75) is 40.0 Å². The number of aryl methyl sites for hydroxylation is 1. The molecule has 0 atom stereocenters. The molecule has 3 nitrogen and oxygen atoms in total. The predicted octanol–water partition coefficient (Wildman–Crippen LogP) is 2.89. The van der Waals surface area contributed by atoms with Gasteiger partial charge in [-0.15, -0.1) is 0 Å². The number of hydrogen-bond donors (Lipinski definition) is 2. The number of rotatable bonds is 6. The molecule has 0 spiro atoms. The van der Waals surface area contributed by atoms with Crippen LogP contribution in [0.25, 0.3) is 0 Å². The zero-order valence-corrected chi connectivity index (χ0v) is 13.2. The number of hydrogen-bond acceptors (Lipinski definition) is 2. The average Bonchev–Trinajstić information content (AvgIpc) is 2.45. The van der Waals surface area contributed by atoms with Crippen molar-refractivity contribution < 1.29 is 9.90 Å². The second-order valence-corrected chi connectivity index (χ2v) is 5.64. The van der Waals surface area contributed by atoms with E-state index in [1.807, 2.05) is 19.1 Å². The fourth-order valence-corrected chi connectivity index (χ4v) is 2.06. The van der Waals surface area contributed by atoms with Gasteiger partial charge in [0, 0.05) is 17.7 Å². The maximum absolute atomic E-state index is 12.2. The van der Waals surface area contributed by atoms with Gasteiger partial charge in [-0.25, -0.2) is 0 Å². The third-order valence-electron chi connectivity index (χ3n) is 3.29. The van der Waals surface area contributed by atoms with Crippen molar-refractivity contribution in [3.63, 3.8) is 0 Å². The Morgan fingerprint density at radius 1 is 1.33 bits per heavy atom. The summed E-state index contributed by atoms with van der Waals surface area (Å²) in [6.07, 6.45) is 3.34. The van der Waals surface area contributed by atoms with Crippen LogP contribution in [-0.2, 0) is 0 Å². The first-order valence-electron chi connectivity index (χ1n) is 7.53. The SMILES string of the molecule is Cc1ccc(C#CCO)cc1C(=O)NCCCCC(C)C. The monoisotopic (exact) mass is 287 g/mol. The van der Waals surface area contributed by atoms with Gasteiger partial charge in [0.15, 0.2) is 0 Å². The molecule has 0 fully saturated rings. The van der Waals surface area contributed by atoms with Crippen LogP contribution >= 0.6 is 0 Å². The number of carbonyl (C=O) groups is 1. The van der Waals surface area contributed by atoms with Crippen molar-refractivity contribution >= 4 is 5.91 Å². The largest absolute Gasteiger partial charge is 0.384 e. The third kappa shape index (κ3) is 6.46. The highest BCUT2D eigenvalue weighted by Gasteiger charge is 2.08. The van der Waals surface area contributed by atoms with E-state index in [4.69, 9.17) is 5.11 Å². The van der Waals surface area contributed by atoms with Crippen molar-refractivity contribution in [1.82, 2.24) is 5.32 Å². The fourth-order valence-electron chi connectivity index (χ4n) is 2.06. The molecule has 0 saturated heterocycles. The summed E-state index contributed by atoms with van der Waals surface area (Å²) in [5.74, 6) is 6.08. The Kier molecular flexibility index (Phi) is 7.56. The van der Waals surface area contributed by atoms with Gasteiger partial charge in [-0.05, 0) is 37.0 Å². The third-order valence-corrected chi connectivity index (χ3v) is 3.29. The van der Waals surface area contributed by atoms with E-state index in [-0.39, 0.29) is 12.5 Å². The lowest BCUT2D eigenvalue weighted by molar-refractivity contribution is 0.0952. The smallest absolute Gasteiger partial charge is 0.251 e. The van der Waals surface area contributed by atoms with Crippen LogP contribution in [0.15, 0.2) is 18.2 Å². The minimum Gasteiger partial charge on any atom is -0.384 e. The van der Waals surface area contributed by atoms with Crippen LogP contribution in [0.2, 0.25) is 0 Å². The summed E-state index contributed by atoms with van der Waals surface area (Å²) in [5.41, 5.74) is 2.34. The van der Waals surface area contributed by atoms with E-state index in [2.05, 4.69) is 31.0 Å². The van der Waals surface area contributed by atoms with Gasteiger partial charge in [-0.3, -0.25) is 4.79 Å². The summed E-state index contributed by atoms with van der Waals surface area (Å²) in [7, 11) is 0. The summed E-state index contributed by atoms with van der Waals surface area (Å²) in [6.45, 7) is 6.86. The number of amides is 1. The minimum absolute atomic E-state index is 0.0512. The standard InChI is InChI=1S/C18H25NO2/c1-14(2)7-4-5-11-19-18(21)17-13-16(8-6-12-20)10-9-15(17)3/h9-10,13-14,20H,4-5,7,11-12H2,1-3H3,(H,19,21). The molecular weight excluding hydrogens is 262 g/mol. The Labute approximate surface area is 127 Å². The summed E-state index contributed by atoms with van der Waals surface area (Å²) in [5, 5.41) is 11.7. The lowest BCUT2D eigenvalue weighted by Gasteiger charge is -2.09. The normalized spacial score (nSPS) is 10.1. The van der Waals surface area contributed by atoms with Crippen LogP contribution in [0.4, 0.5) is 0 Å². The summed E-state index contributed by atoms with van der Waals surface area (Å²) in [4.78, 5) is 12.2. The topological polar surface area (TPSA) is 49.3 Å². The highest BCUT2D eigenvalue weighted by molar-refractivity contribution is 5.96. The minimum atomic E-state index is -0.175. The van der Waals surface area contributed by atoms with Crippen LogP contribution in [0.5, 0.6) is 0 Å². The maximum atomic E-state index is 12.2. The lowest BCUT2D eigenvalue weighted by atomic mass is 10.0. The molecule has 0 radical (unpaired) electrons. The molecule has 0 heterocycles. The predicted molar refractivity (Wildman–Crippen MR) is 86.2 cm³/mol. The van der Waals surface area contributed by atoms with E-state index in [1.165, 1.54) is 6.42 Å². The number of aliphatic hydroxyl groups excluding tert-OH is 1. The number of benzene rings is 1. The quantitative estimate of drug-likeness (QED) is 0.624. The first kappa shape index (κ1) is 17.3. The molecular formula is C18H25NO2. The molecule has 0 aliphatic heterocycles. The van der Waals surface area contributed by atoms with E-state index >= 15 is 0 Å². The number of nitrogens with one attached hydrogen (secondary N) is 1. The average molecular weight is 287 g/mol. The van der Waals surface area contributed by atoms with E-state index < -0.39 is 0 Å². The van der Waals surface area contributed by atoms with Gasteiger partial charge in [0.25, 0.3) is 5.91 Å². The van der Waals surface area contributed by atoms with Crippen molar-refractivity contribution in [2.24, 2.45) is 5.92 Å². The molecule has 0 bridgehead atoms. The van der Waals surface area contributed by atoms with Crippen molar-refractivity contribution in [1.29, 1.82) is 0 Å². The molecule has 1 rings (SSSR count). The van der Waals surface area contributed by atoms with Gasteiger partial charge in [-0.2, -0.15) is 0 Å². The molecule has 0 aromatic heterocycles. The second-order valence-electron chi connectivity index (χ2n) is 5.64. The Morgan fingerprint density at radius 2 is 2.10 bits per heavy atom. The van der Waals surface area contributed by atoms with Crippen LogP contribution in [0.3, 0.4) is 0 Å². The molecule has 1 aromatic rings. The van der Waals surface area contributed by atoms with Crippen LogP contribution in [0, 0.1) is 24.7 Å². The van der Waals surface area contributed by atoms with Gasteiger partial charge in [-0.1, -0.05) is 44.6 Å². The van der Waals surface area contributed by atoms with Gasteiger partial charge in [0.05, 0.1) is 0 Å². The molecule has 1 amide bonds. The van der Waals surface area contributed by atoms with E-state index in [9.17, 15) is 4.79 Å².